The fourth-order valence-electron chi connectivity index (χ4n) is 0.828. The van der Waals surface area contributed by atoms with Crippen LogP contribution in [0.15, 0.2) is 28.6 Å². The van der Waals surface area contributed by atoms with Crippen LogP contribution >= 0.6 is 15.9 Å². The summed E-state index contributed by atoms with van der Waals surface area (Å²) in [7, 11) is 0. The van der Waals surface area contributed by atoms with Gasteiger partial charge in [-0.25, -0.2) is 0 Å². The Morgan fingerprint density at radius 2 is 2.55 bits per heavy atom. The first-order valence-electron chi connectivity index (χ1n) is 3.64. The minimum absolute atomic E-state index is 0.939. The van der Waals surface area contributed by atoms with Crippen molar-refractivity contribution in [2.75, 3.05) is 5.33 Å². The van der Waals surface area contributed by atoms with Gasteiger partial charge >= 0.3 is 0 Å². The first kappa shape index (κ1) is 8.60. The van der Waals surface area contributed by atoms with E-state index in [-0.39, 0.29) is 0 Å². The molecule has 1 aromatic rings. The maximum absolute atomic E-state index is 4.94. The lowest BCUT2D eigenvalue weighted by Gasteiger charge is -1.95. The lowest BCUT2D eigenvalue weighted by molar-refractivity contribution is 0.567. The van der Waals surface area contributed by atoms with Crippen molar-refractivity contribution in [3.8, 4) is 0 Å². The predicted molar refractivity (Wildman–Crippen MR) is 50.8 cm³/mol. The van der Waals surface area contributed by atoms with Crippen molar-refractivity contribution in [3.63, 3.8) is 0 Å². The van der Waals surface area contributed by atoms with Crippen molar-refractivity contribution in [2.45, 2.75) is 13.3 Å². The molecule has 2 heteroatoms. The number of hydrogen-bond donors (Lipinski definition) is 0. The quantitative estimate of drug-likeness (QED) is 0.703. The van der Waals surface area contributed by atoms with Crippen molar-refractivity contribution in [3.05, 3.63) is 29.7 Å². The average molecular weight is 215 g/mol. The van der Waals surface area contributed by atoms with Crippen LogP contribution < -0.4 is 0 Å². The van der Waals surface area contributed by atoms with Crippen LogP contribution in [0.1, 0.15) is 18.9 Å². The standard InChI is InChI=1S/C9H11BrO/c1-2-8(6-10)5-9-3-4-11-7-9/h3-5,7H,2,6H2,1H3. The van der Waals surface area contributed by atoms with Crippen LogP contribution in [0.4, 0.5) is 0 Å². The van der Waals surface area contributed by atoms with E-state index in [0.717, 1.165) is 17.3 Å². The van der Waals surface area contributed by atoms with Crippen LogP contribution in [0.25, 0.3) is 6.08 Å². The van der Waals surface area contributed by atoms with Gasteiger partial charge in [0.1, 0.15) is 0 Å². The van der Waals surface area contributed by atoms with Crippen LogP contribution in [0, 0.1) is 0 Å². The topological polar surface area (TPSA) is 13.1 Å². The summed E-state index contributed by atoms with van der Waals surface area (Å²) in [6.45, 7) is 2.15. The van der Waals surface area contributed by atoms with Gasteiger partial charge in [-0.1, -0.05) is 34.5 Å². The maximum Gasteiger partial charge on any atom is 0.0974 e. The molecule has 0 spiro atoms. The molecule has 0 fully saturated rings. The number of rotatable bonds is 3. The van der Waals surface area contributed by atoms with E-state index >= 15 is 0 Å². The van der Waals surface area contributed by atoms with E-state index in [0.29, 0.717) is 0 Å². The number of halogens is 1. The molecule has 11 heavy (non-hydrogen) atoms. The van der Waals surface area contributed by atoms with Crippen molar-refractivity contribution in [1.29, 1.82) is 0 Å². The van der Waals surface area contributed by atoms with Gasteiger partial charge in [0, 0.05) is 10.9 Å². The SMILES string of the molecule is CCC(=Cc1ccoc1)CBr. The van der Waals surface area contributed by atoms with Gasteiger partial charge in [-0.3, -0.25) is 0 Å². The van der Waals surface area contributed by atoms with Crippen LogP contribution in [-0.2, 0) is 0 Å². The largest absolute Gasteiger partial charge is 0.472 e. The second-order valence-corrected chi connectivity index (χ2v) is 2.91. The summed E-state index contributed by atoms with van der Waals surface area (Å²) in [6, 6.07) is 1.96. The van der Waals surface area contributed by atoms with Crippen LogP contribution in [0.3, 0.4) is 0 Å². The van der Waals surface area contributed by atoms with Crippen LogP contribution in [0.5, 0.6) is 0 Å². The lowest BCUT2D eigenvalue weighted by Crippen LogP contribution is -1.79. The number of hydrogen-bond acceptors (Lipinski definition) is 1. The molecular formula is C9H11BrO. The summed E-state index contributed by atoms with van der Waals surface area (Å²) >= 11 is 3.42. The van der Waals surface area contributed by atoms with Crippen LogP contribution in [0.2, 0.25) is 0 Å². The monoisotopic (exact) mass is 214 g/mol. The van der Waals surface area contributed by atoms with Gasteiger partial charge in [0.05, 0.1) is 12.5 Å². The van der Waals surface area contributed by atoms with E-state index in [4.69, 9.17) is 4.42 Å². The van der Waals surface area contributed by atoms with E-state index in [2.05, 4.69) is 28.9 Å². The Morgan fingerprint density at radius 3 is 3.00 bits per heavy atom. The molecule has 1 rings (SSSR count). The summed E-state index contributed by atoms with van der Waals surface area (Å²) in [5.41, 5.74) is 2.52. The zero-order valence-electron chi connectivity index (χ0n) is 6.51. The molecule has 0 aliphatic rings. The number of allylic oxidation sites excluding steroid dienone is 1. The third-order valence-corrected chi connectivity index (χ3v) is 2.26. The second kappa shape index (κ2) is 4.39. The molecule has 60 valence electrons. The van der Waals surface area contributed by atoms with E-state index < -0.39 is 0 Å². The molecule has 0 saturated carbocycles. The average Bonchev–Trinajstić information content (AvgIpc) is 2.52. The third kappa shape index (κ3) is 2.54. The molecule has 0 amide bonds. The van der Waals surface area contributed by atoms with E-state index in [1.54, 1.807) is 12.5 Å². The molecule has 1 aromatic heterocycles. The Bertz CT molecular complexity index is 218. The summed E-state index contributed by atoms with van der Waals surface area (Å²) in [5, 5.41) is 0.939. The first-order valence-corrected chi connectivity index (χ1v) is 4.76. The van der Waals surface area contributed by atoms with E-state index in [9.17, 15) is 0 Å². The normalized spacial score (nSPS) is 12.0. The van der Waals surface area contributed by atoms with Gasteiger partial charge in [-0.15, -0.1) is 0 Å². The molecule has 0 atom stereocenters. The molecule has 0 saturated heterocycles. The van der Waals surface area contributed by atoms with Gasteiger partial charge in [0.25, 0.3) is 0 Å². The summed E-state index contributed by atoms with van der Waals surface area (Å²) < 4.78 is 4.94. The molecule has 0 unspecified atom stereocenters. The Morgan fingerprint density at radius 1 is 1.73 bits per heavy atom. The maximum atomic E-state index is 4.94. The molecular weight excluding hydrogens is 204 g/mol. The Labute approximate surface area is 75.2 Å². The van der Waals surface area contributed by atoms with Gasteiger partial charge in [0.15, 0.2) is 0 Å². The zero-order chi connectivity index (χ0) is 8.10. The molecule has 0 aromatic carbocycles. The number of alkyl halides is 1. The van der Waals surface area contributed by atoms with Crippen molar-refractivity contribution in [1.82, 2.24) is 0 Å². The lowest BCUT2D eigenvalue weighted by atomic mass is 10.2. The predicted octanol–water partition coefficient (Wildman–Crippen LogP) is 3.47. The molecule has 1 nitrogen and oxygen atoms in total. The van der Waals surface area contributed by atoms with Crippen molar-refractivity contribution in [2.24, 2.45) is 0 Å². The zero-order valence-corrected chi connectivity index (χ0v) is 8.10. The second-order valence-electron chi connectivity index (χ2n) is 2.35. The first-order chi connectivity index (χ1) is 5.36. The molecule has 0 radical (unpaired) electrons. The fourth-order valence-corrected chi connectivity index (χ4v) is 1.39. The Kier molecular flexibility index (Phi) is 3.43. The van der Waals surface area contributed by atoms with Gasteiger partial charge < -0.3 is 4.42 Å². The highest BCUT2D eigenvalue weighted by atomic mass is 79.9. The van der Waals surface area contributed by atoms with Crippen molar-refractivity contribution < 1.29 is 4.42 Å². The highest BCUT2D eigenvalue weighted by molar-refractivity contribution is 9.09. The van der Waals surface area contributed by atoms with Gasteiger partial charge in [-0.05, 0) is 12.5 Å². The van der Waals surface area contributed by atoms with Gasteiger partial charge in [0.2, 0.25) is 0 Å². The highest BCUT2D eigenvalue weighted by Crippen LogP contribution is 2.11. The molecule has 0 bridgehead atoms. The third-order valence-electron chi connectivity index (χ3n) is 1.54. The van der Waals surface area contributed by atoms with Gasteiger partial charge in [-0.2, -0.15) is 0 Å². The smallest absolute Gasteiger partial charge is 0.0974 e. The van der Waals surface area contributed by atoms with E-state index in [1.165, 1.54) is 5.57 Å². The van der Waals surface area contributed by atoms with Crippen molar-refractivity contribution >= 4 is 22.0 Å². The highest BCUT2D eigenvalue weighted by Gasteiger charge is 1.92. The molecule has 1 heterocycles. The van der Waals surface area contributed by atoms with Crippen LogP contribution in [-0.4, -0.2) is 5.33 Å². The summed E-state index contributed by atoms with van der Waals surface area (Å²) in [4.78, 5) is 0. The fraction of sp³-hybridized carbons (Fsp3) is 0.333. The Hall–Kier alpha value is -0.500. The minimum atomic E-state index is 0.939. The Balaban J connectivity index is 2.71. The van der Waals surface area contributed by atoms with E-state index in [1.807, 2.05) is 6.07 Å². The summed E-state index contributed by atoms with van der Waals surface area (Å²) in [5.74, 6) is 0. The number of furan rings is 1. The molecule has 0 aliphatic carbocycles. The molecule has 0 aliphatic heterocycles. The molecule has 0 N–H and O–H groups in total. The summed E-state index contributed by atoms with van der Waals surface area (Å²) in [6.07, 6.45) is 6.65. The minimum Gasteiger partial charge on any atom is -0.472 e.